The van der Waals surface area contributed by atoms with E-state index in [0.717, 1.165) is 36.5 Å². The topological polar surface area (TPSA) is 27.7 Å². The predicted molar refractivity (Wildman–Crippen MR) is 84.5 cm³/mol. The van der Waals surface area contributed by atoms with Gasteiger partial charge < -0.3 is 4.74 Å². The molecule has 1 aliphatic carbocycles. The van der Waals surface area contributed by atoms with Gasteiger partial charge in [-0.3, -0.25) is 0 Å². The molecule has 0 bridgehead atoms. The Bertz CT molecular complexity index is 461. The zero-order valence-electron chi connectivity index (χ0n) is 12.3. The van der Waals surface area contributed by atoms with Gasteiger partial charge in [-0.25, -0.2) is 9.78 Å². The molecular formula is C16H21ClO3S. The first-order chi connectivity index (χ1) is 10.1. The summed E-state index contributed by atoms with van der Waals surface area (Å²) in [5, 5.41) is 0.755. The van der Waals surface area contributed by atoms with Gasteiger partial charge in [-0.05, 0) is 44.0 Å². The van der Waals surface area contributed by atoms with Crippen molar-refractivity contribution in [3.63, 3.8) is 0 Å². The van der Waals surface area contributed by atoms with Crippen LogP contribution in [-0.2, 0) is 14.5 Å². The Morgan fingerprint density at radius 2 is 1.81 bits per heavy atom. The quantitative estimate of drug-likeness (QED) is 0.586. The monoisotopic (exact) mass is 328 g/mol. The largest absolute Gasteiger partial charge is 0.344 e. The van der Waals surface area contributed by atoms with Gasteiger partial charge in [-0.15, -0.1) is 11.8 Å². The Kier molecular flexibility index (Phi) is 4.81. The van der Waals surface area contributed by atoms with Crippen LogP contribution in [0.25, 0.3) is 0 Å². The summed E-state index contributed by atoms with van der Waals surface area (Å²) >= 11 is 7.62. The van der Waals surface area contributed by atoms with Gasteiger partial charge in [-0.2, -0.15) is 0 Å². The van der Waals surface area contributed by atoms with Crippen molar-refractivity contribution in [2.75, 3.05) is 12.4 Å². The molecule has 1 aromatic carbocycles. The molecule has 1 heterocycles. The fourth-order valence-electron chi connectivity index (χ4n) is 2.66. The van der Waals surface area contributed by atoms with Crippen molar-refractivity contribution in [3.8, 4) is 0 Å². The molecule has 3 rings (SSSR count). The lowest BCUT2D eigenvalue weighted by Crippen LogP contribution is -2.52. The number of hydrogen-bond acceptors (Lipinski definition) is 4. The third-order valence-corrected chi connectivity index (χ3v) is 5.62. The maximum Gasteiger partial charge on any atom is 0.201 e. The minimum atomic E-state index is -0.483. The molecule has 0 N–H and O–H groups in total. The molecule has 2 fully saturated rings. The predicted octanol–water partition coefficient (Wildman–Crippen LogP) is 4.83. The molecule has 1 saturated heterocycles. The minimum Gasteiger partial charge on any atom is -0.344 e. The number of hydrogen-bond donors (Lipinski definition) is 0. The zero-order chi connectivity index (χ0) is 14.8. The first kappa shape index (κ1) is 15.6. The van der Waals surface area contributed by atoms with E-state index in [-0.39, 0.29) is 0 Å². The van der Waals surface area contributed by atoms with Gasteiger partial charge in [0.25, 0.3) is 0 Å². The van der Waals surface area contributed by atoms with Crippen LogP contribution in [0.4, 0.5) is 0 Å². The Labute approximate surface area is 135 Å². The third kappa shape index (κ3) is 3.93. The van der Waals surface area contributed by atoms with Crippen molar-refractivity contribution in [1.82, 2.24) is 0 Å². The van der Waals surface area contributed by atoms with Gasteiger partial charge in [0.2, 0.25) is 5.79 Å². The number of halogens is 1. The molecule has 1 spiro atoms. The van der Waals surface area contributed by atoms with Crippen LogP contribution in [0.1, 0.15) is 39.0 Å². The van der Waals surface area contributed by atoms with E-state index in [1.165, 1.54) is 11.3 Å². The fraction of sp³-hybridized carbons (Fsp3) is 0.625. The molecule has 1 aliphatic heterocycles. The van der Waals surface area contributed by atoms with Gasteiger partial charge in [0.15, 0.2) is 0 Å². The molecule has 0 aromatic heterocycles. The molecule has 1 unspecified atom stereocenters. The van der Waals surface area contributed by atoms with Crippen molar-refractivity contribution in [2.24, 2.45) is 0 Å². The van der Waals surface area contributed by atoms with Crippen molar-refractivity contribution >= 4 is 23.4 Å². The second-order valence-electron chi connectivity index (χ2n) is 6.12. The van der Waals surface area contributed by atoms with Crippen LogP contribution < -0.4 is 0 Å². The summed E-state index contributed by atoms with van der Waals surface area (Å²) < 4.78 is 6.05. The SMILES string of the molecule is CC1(CSc2ccc(Cl)cc2)COC2(CCCCC2)OO1. The molecule has 3 nitrogen and oxygen atoms in total. The number of ether oxygens (including phenoxy) is 1. The van der Waals surface area contributed by atoms with Gasteiger partial charge in [0, 0.05) is 28.5 Å². The highest BCUT2D eigenvalue weighted by atomic mass is 35.5. The maximum absolute atomic E-state index is 6.05. The lowest BCUT2D eigenvalue weighted by atomic mass is 9.94. The lowest BCUT2D eigenvalue weighted by Gasteiger charge is -2.44. The van der Waals surface area contributed by atoms with Crippen LogP contribution in [-0.4, -0.2) is 23.7 Å². The summed E-state index contributed by atoms with van der Waals surface area (Å²) in [7, 11) is 0. The number of rotatable bonds is 3. The van der Waals surface area contributed by atoms with E-state index < -0.39 is 11.4 Å². The van der Waals surface area contributed by atoms with E-state index in [2.05, 4.69) is 0 Å². The second-order valence-corrected chi connectivity index (χ2v) is 7.60. The van der Waals surface area contributed by atoms with E-state index in [1.807, 2.05) is 31.2 Å². The van der Waals surface area contributed by atoms with Gasteiger partial charge >= 0.3 is 0 Å². The average Bonchev–Trinajstić information content (AvgIpc) is 2.52. The summed E-state index contributed by atoms with van der Waals surface area (Å²) in [6, 6.07) is 7.84. The van der Waals surface area contributed by atoms with Crippen molar-refractivity contribution in [2.45, 2.75) is 55.3 Å². The van der Waals surface area contributed by atoms with Crippen LogP contribution in [0, 0.1) is 0 Å². The van der Waals surface area contributed by atoms with Crippen LogP contribution >= 0.6 is 23.4 Å². The first-order valence-electron chi connectivity index (χ1n) is 7.49. The molecule has 0 amide bonds. The fourth-order valence-corrected chi connectivity index (χ4v) is 3.72. The number of benzene rings is 1. The maximum atomic E-state index is 6.05. The summed E-state index contributed by atoms with van der Waals surface area (Å²) in [5.74, 6) is 0.299. The van der Waals surface area contributed by atoms with E-state index in [0.29, 0.717) is 6.61 Å². The van der Waals surface area contributed by atoms with Crippen LogP contribution in [0.5, 0.6) is 0 Å². The van der Waals surface area contributed by atoms with Crippen molar-refractivity contribution in [3.05, 3.63) is 29.3 Å². The molecular weight excluding hydrogens is 308 g/mol. The van der Waals surface area contributed by atoms with Crippen molar-refractivity contribution < 1.29 is 14.5 Å². The Balaban J connectivity index is 1.53. The standard InChI is InChI=1S/C16H21ClO3S/c1-15(12-21-14-7-5-13(17)6-8-14)11-18-16(20-19-15)9-3-2-4-10-16/h5-8H,2-4,9-12H2,1H3. The van der Waals surface area contributed by atoms with E-state index in [9.17, 15) is 0 Å². The van der Waals surface area contributed by atoms with E-state index >= 15 is 0 Å². The molecule has 0 radical (unpaired) electrons. The summed E-state index contributed by atoms with van der Waals surface area (Å²) in [6.07, 6.45) is 5.44. The molecule has 5 heteroatoms. The Hall–Kier alpha value is -0.260. The highest BCUT2D eigenvalue weighted by Crippen LogP contribution is 2.39. The molecule has 21 heavy (non-hydrogen) atoms. The second kappa shape index (κ2) is 6.47. The smallest absolute Gasteiger partial charge is 0.201 e. The summed E-state index contributed by atoms with van der Waals surface area (Å²) in [4.78, 5) is 12.6. The van der Waals surface area contributed by atoms with Crippen molar-refractivity contribution in [1.29, 1.82) is 0 Å². The third-order valence-electron chi connectivity index (χ3n) is 4.01. The Morgan fingerprint density at radius 1 is 1.10 bits per heavy atom. The molecule has 116 valence electrons. The van der Waals surface area contributed by atoms with Gasteiger partial charge in [-0.1, -0.05) is 18.0 Å². The molecule has 1 aromatic rings. The van der Waals surface area contributed by atoms with Crippen LogP contribution in [0.2, 0.25) is 5.02 Å². The number of thioether (sulfide) groups is 1. The van der Waals surface area contributed by atoms with E-state index in [1.54, 1.807) is 11.8 Å². The highest BCUT2D eigenvalue weighted by molar-refractivity contribution is 7.99. The van der Waals surface area contributed by atoms with Crippen LogP contribution in [0.15, 0.2) is 29.2 Å². The molecule has 2 aliphatic rings. The van der Waals surface area contributed by atoms with Gasteiger partial charge in [0.05, 0.1) is 6.61 Å². The van der Waals surface area contributed by atoms with E-state index in [4.69, 9.17) is 26.1 Å². The first-order valence-corrected chi connectivity index (χ1v) is 8.85. The normalized spacial score (nSPS) is 28.7. The lowest BCUT2D eigenvalue weighted by molar-refractivity contribution is -0.510. The summed E-state index contributed by atoms with van der Waals surface area (Å²) in [6.45, 7) is 2.61. The Morgan fingerprint density at radius 3 is 2.43 bits per heavy atom. The minimum absolute atomic E-state index is 0.410. The highest BCUT2D eigenvalue weighted by Gasteiger charge is 2.45. The average molecular weight is 329 g/mol. The zero-order valence-corrected chi connectivity index (χ0v) is 13.8. The molecule has 1 saturated carbocycles. The summed E-state index contributed by atoms with van der Waals surface area (Å²) in [5.41, 5.74) is -0.410. The van der Waals surface area contributed by atoms with Gasteiger partial charge in [0.1, 0.15) is 5.60 Å². The molecule has 1 atom stereocenters. The van der Waals surface area contributed by atoms with Crippen LogP contribution in [0.3, 0.4) is 0 Å².